The van der Waals surface area contributed by atoms with E-state index in [1.807, 2.05) is 0 Å². The molecule has 10 heteroatoms. The average molecular weight is 575 g/mol. The number of carbonyl (C=O) groups is 2. The Labute approximate surface area is 236 Å². The van der Waals surface area contributed by atoms with Gasteiger partial charge in [-0.15, -0.1) is 0 Å². The molecule has 1 aliphatic carbocycles. The second kappa shape index (κ2) is 12.4. The minimum atomic E-state index is -3.98. The lowest BCUT2D eigenvalue weighted by Gasteiger charge is -2.34. The Kier molecular flexibility index (Phi) is 9.37. The summed E-state index contributed by atoms with van der Waals surface area (Å²) in [6, 6.07) is 11.0. The fourth-order valence-electron chi connectivity index (χ4n) is 5.22. The van der Waals surface area contributed by atoms with Gasteiger partial charge in [0, 0.05) is 24.7 Å². The Morgan fingerprint density at radius 3 is 2.62 bits per heavy atom. The van der Waals surface area contributed by atoms with E-state index in [2.05, 4.69) is 54.9 Å². The fraction of sp³-hybridized carbons (Fsp3) is 0.517. The summed E-state index contributed by atoms with van der Waals surface area (Å²) in [5.41, 5.74) is 3.85. The lowest BCUT2D eigenvalue weighted by atomic mass is 9.86. The number of aryl methyl sites for hydroxylation is 1. The maximum Gasteiger partial charge on any atom is 0.243 e. The molecule has 3 N–H and O–H groups in total. The van der Waals surface area contributed by atoms with Gasteiger partial charge in [0.2, 0.25) is 21.8 Å². The smallest absolute Gasteiger partial charge is 0.243 e. The first-order valence-electron chi connectivity index (χ1n) is 13.6. The molecular formula is C29H39ClN4O4S. The topological polar surface area (TPSA) is 108 Å². The number of rotatable bonds is 9. The van der Waals surface area contributed by atoms with Crippen molar-refractivity contribution in [2.75, 3.05) is 26.2 Å². The Bertz CT molecular complexity index is 1290. The number of nitrogens with zero attached hydrogens (tertiary/aromatic N) is 1. The molecule has 4 rings (SSSR count). The number of amides is 2. The van der Waals surface area contributed by atoms with Gasteiger partial charge in [-0.2, -0.15) is 4.31 Å². The van der Waals surface area contributed by atoms with Gasteiger partial charge in [0.15, 0.2) is 0 Å². The Balaban J connectivity index is 1.41. The van der Waals surface area contributed by atoms with Crippen LogP contribution in [0.3, 0.4) is 0 Å². The molecule has 0 unspecified atom stereocenters. The Morgan fingerprint density at radius 1 is 1.15 bits per heavy atom. The number of hydrogen-bond acceptors (Lipinski definition) is 5. The van der Waals surface area contributed by atoms with Crippen LogP contribution in [0.4, 0.5) is 0 Å². The molecule has 1 aliphatic heterocycles. The van der Waals surface area contributed by atoms with E-state index in [1.54, 1.807) is 0 Å². The number of nitrogens with one attached hydrogen (secondary N) is 3. The molecule has 0 spiro atoms. The van der Waals surface area contributed by atoms with Crippen molar-refractivity contribution < 1.29 is 18.0 Å². The summed E-state index contributed by atoms with van der Waals surface area (Å²) >= 11 is 5.92. The molecular weight excluding hydrogens is 536 g/mol. The molecule has 1 heterocycles. The van der Waals surface area contributed by atoms with Crippen molar-refractivity contribution in [2.24, 2.45) is 5.41 Å². The summed E-state index contributed by atoms with van der Waals surface area (Å²) in [6.45, 7) is 8.79. The predicted octanol–water partition coefficient (Wildman–Crippen LogP) is 3.59. The van der Waals surface area contributed by atoms with Crippen LogP contribution >= 0.6 is 11.6 Å². The zero-order chi connectivity index (χ0) is 28.2. The molecule has 39 heavy (non-hydrogen) atoms. The molecule has 2 amide bonds. The third-order valence-electron chi connectivity index (χ3n) is 7.18. The van der Waals surface area contributed by atoms with E-state index < -0.39 is 22.0 Å². The highest BCUT2D eigenvalue weighted by molar-refractivity contribution is 7.89. The maximum absolute atomic E-state index is 13.3. The van der Waals surface area contributed by atoms with Gasteiger partial charge in [-0.1, -0.05) is 50.6 Å². The van der Waals surface area contributed by atoms with Gasteiger partial charge in [0.1, 0.15) is 6.04 Å². The van der Waals surface area contributed by atoms with Gasteiger partial charge in [-0.3, -0.25) is 9.59 Å². The highest BCUT2D eigenvalue weighted by Gasteiger charge is 2.40. The lowest BCUT2D eigenvalue weighted by Crippen LogP contribution is -2.58. The molecule has 0 bridgehead atoms. The molecule has 212 valence electrons. The number of benzene rings is 2. The van der Waals surface area contributed by atoms with Gasteiger partial charge in [-0.05, 0) is 78.6 Å². The zero-order valence-corrected chi connectivity index (χ0v) is 24.5. The minimum Gasteiger partial charge on any atom is -0.353 e. The second-order valence-corrected chi connectivity index (χ2v) is 13.9. The third-order valence-corrected chi connectivity index (χ3v) is 9.36. The first-order valence-corrected chi connectivity index (χ1v) is 15.4. The van der Waals surface area contributed by atoms with Crippen molar-refractivity contribution in [1.29, 1.82) is 0 Å². The van der Waals surface area contributed by atoms with Gasteiger partial charge in [0.25, 0.3) is 0 Å². The molecule has 1 saturated heterocycles. The number of fused-ring (bicyclic) bond motifs is 1. The van der Waals surface area contributed by atoms with Crippen LogP contribution in [0.5, 0.6) is 0 Å². The normalized spacial score (nSPS) is 20.3. The Hall–Kier alpha value is -2.46. The van der Waals surface area contributed by atoms with Gasteiger partial charge in [0.05, 0.1) is 17.4 Å². The number of halogens is 1. The van der Waals surface area contributed by atoms with E-state index in [0.717, 1.165) is 48.6 Å². The number of piperazine rings is 1. The van der Waals surface area contributed by atoms with Crippen LogP contribution in [0.2, 0.25) is 5.02 Å². The molecule has 2 aromatic rings. The van der Waals surface area contributed by atoms with E-state index in [4.69, 9.17) is 11.6 Å². The van der Waals surface area contributed by atoms with Gasteiger partial charge in [-0.25, -0.2) is 8.42 Å². The van der Waals surface area contributed by atoms with Crippen LogP contribution in [0.25, 0.3) is 0 Å². The quantitative estimate of drug-likeness (QED) is 0.397. The second-order valence-electron chi connectivity index (χ2n) is 11.6. The molecule has 8 nitrogen and oxygen atoms in total. The monoisotopic (exact) mass is 574 g/mol. The molecule has 0 radical (unpaired) electrons. The average Bonchev–Trinajstić information content (AvgIpc) is 2.87. The van der Waals surface area contributed by atoms with Gasteiger partial charge < -0.3 is 16.0 Å². The molecule has 0 saturated carbocycles. The van der Waals surface area contributed by atoms with Crippen LogP contribution in [-0.2, 0) is 32.5 Å². The lowest BCUT2D eigenvalue weighted by molar-refractivity contribution is -0.132. The summed E-state index contributed by atoms with van der Waals surface area (Å²) in [5.74, 6) is -0.815. The molecule has 1 fully saturated rings. The molecule has 2 aromatic carbocycles. The van der Waals surface area contributed by atoms with E-state index in [-0.39, 0.29) is 41.8 Å². The van der Waals surface area contributed by atoms with Crippen LogP contribution in [-0.4, -0.2) is 56.8 Å². The SMILES string of the molecule is CC(C)(C)CNCCc1ccc2c(c1)CCC[C@H]2NC(=O)C[C@@H]1C(=O)NCCN1S(=O)(=O)c1ccc(Cl)cc1. The zero-order valence-electron chi connectivity index (χ0n) is 22.9. The first-order chi connectivity index (χ1) is 18.4. The fourth-order valence-corrected chi connectivity index (χ4v) is 6.93. The summed E-state index contributed by atoms with van der Waals surface area (Å²) < 4.78 is 27.8. The summed E-state index contributed by atoms with van der Waals surface area (Å²) in [4.78, 5) is 26.0. The largest absolute Gasteiger partial charge is 0.353 e. The molecule has 0 aromatic heterocycles. The van der Waals surface area contributed by atoms with Crippen LogP contribution in [0.15, 0.2) is 47.4 Å². The van der Waals surface area contributed by atoms with Crippen molar-refractivity contribution in [3.8, 4) is 0 Å². The van der Waals surface area contributed by atoms with Crippen LogP contribution in [0, 0.1) is 5.41 Å². The number of carbonyl (C=O) groups excluding carboxylic acids is 2. The molecule has 2 atom stereocenters. The Morgan fingerprint density at radius 2 is 1.90 bits per heavy atom. The first kappa shape index (κ1) is 29.5. The number of sulfonamides is 1. The van der Waals surface area contributed by atoms with E-state index in [1.165, 1.54) is 35.4 Å². The third kappa shape index (κ3) is 7.60. The van der Waals surface area contributed by atoms with Crippen LogP contribution < -0.4 is 16.0 Å². The van der Waals surface area contributed by atoms with Crippen molar-refractivity contribution >= 4 is 33.4 Å². The summed E-state index contributed by atoms with van der Waals surface area (Å²) in [6.07, 6.45) is 3.40. The van der Waals surface area contributed by atoms with Crippen molar-refractivity contribution in [3.63, 3.8) is 0 Å². The summed E-state index contributed by atoms with van der Waals surface area (Å²) in [7, 11) is -3.98. The standard InChI is InChI=1S/C29H39ClN4O4S/c1-29(2,3)19-31-14-13-20-7-12-24-21(17-20)5-4-6-25(24)33-27(35)18-26-28(36)32-15-16-34(26)39(37,38)23-10-8-22(30)9-11-23/h7-12,17,25-26,31H,4-6,13-16,18-19H2,1-3H3,(H,32,36)(H,33,35)/t25-,26-/m1/s1. The highest BCUT2D eigenvalue weighted by Crippen LogP contribution is 2.31. The van der Waals surface area contributed by atoms with Crippen LogP contribution in [0.1, 0.15) is 62.8 Å². The van der Waals surface area contributed by atoms with E-state index >= 15 is 0 Å². The van der Waals surface area contributed by atoms with E-state index in [9.17, 15) is 18.0 Å². The number of hydrogen-bond donors (Lipinski definition) is 3. The minimum absolute atomic E-state index is 0.0395. The predicted molar refractivity (Wildman–Crippen MR) is 153 cm³/mol. The molecule has 2 aliphatic rings. The van der Waals surface area contributed by atoms with Crippen molar-refractivity contribution in [3.05, 3.63) is 64.2 Å². The van der Waals surface area contributed by atoms with Crippen molar-refractivity contribution in [2.45, 2.75) is 69.9 Å². The van der Waals surface area contributed by atoms with Crippen molar-refractivity contribution in [1.82, 2.24) is 20.3 Å². The maximum atomic E-state index is 13.3. The van der Waals surface area contributed by atoms with E-state index in [0.29, 0.717) is 5.02 Å². The summed E-state index contributed by atoms with van der Waals surface area (Å²) in [5, 5.41) is 9.71. The van der Waals surface area contributed by atoms with Gasteiger partial charge >= 0.3 is 0 Å². The highest BCUT2D eigenvalue weighted by atomic mass is 35.5.